The molecule has 2 aliphatic rings. The van der Waals surface area contributed by atoms with E-state index in [4.69, 9.17) is 14.2 Å². The van der Waals surface area contributed by atoms with E-state index in [1.807, 2.05) is 0 Å². The van der Waals surface area contributed by atoms with Crippen LogP contribution in [0.3, 0.4) is 0 Å². The van der Waals surface area contributed by atoms with Crippen LogP contribution in [0.2, 0.25) is 0 Å². The molecule has 2 amide bonds. The average molecular weight is 425 g/mol. The lowest BCUT2D eigenvalue weighted by Crippen LogP contribution is -2.46. The van der Waals surface area contributed by atoms with E-state index in [1.165, 1.54) is 0 Å². The second-order valence-corrected chi connectivity index (χ2v) is 8.11. The number of esters is 2. The van der Waals surface area contributed by atoms with E-state index >= 15 is 0 Å². The van der Waals surface area contributed by atoms with Crippen LogP contribution in [0.25, 0.3) is 0 Å². The molecule has 1 N–H and O–H groups in total. The highest BCUT2D eigenvalue weighted by molar-refractivity contribution is 7.18. The van der Waals surface area contributed by atoms with Crippen LogP contribution in [0.15, 0.2) is 0 Å². The van der Waals surface area contributed by atoms with E-state index in [9.17, 15) is 14.4 Å². The Hall–Kier alpha value is -2.13. The number of fused-ring (bicyclic) bond motifs is 1. The normalized spacial score (nSPS) is 21.3. The van der Waals surface area contributed by atoms with Crippen molar-refractivity contribution in [1.29, 1.82) is 0 Å². The first-order valence-corrected chi connectivity index (χ1v) is 11.0. The van der Waals surface area contributed by atoms with Crippen molar-refractivity contribution in [2.24, 2.45) is 0 Å². The molecule has 29 heavy (non-hydrogen) atoms. The Bertz CT molecular complexity index is 777. The molecule has 0 aromatic carbocycles. The summed E-state index contributed by atoms with van der Waals surface area (Å²) in [4.78, 5) is 40.0. The fraction of sp³-hybridized carbons (Fsp3) is 0.650. The van der Waals surface area contributed by atoms with E-state index < -0.39 is 11.9 Å². The van der Waals surface area contributed by atoms with Gasteiger partial charge in [-0.05, 0) is 52.0 Å². The Morgan fingerprint density at radius 2 is 1.86 bits per heavy atom. The molecule has 3 rings (SSSR count). The maximum atomic E-state index is 13.1. The van der Waals surface area contributed by atoms with Gasteiger partial charge in [-0.3, -0.25) is 5.32 Å². The van der Waals surface area contributed by atoms with Gasteiger partial charge in [-0.25, -0.2) is 14.4 Å². The highest BCUT2D eigenvalue weighted by atomic mass is 32.1. The van der Waals surface area contributed by atoms with Gasteiger partial charge in [-0.2, -0.15) is 0 Å². The van der Waals surface area contributed by atoms with Gasteiger partial charge in [0.05, 0.1) is 30.9 Å². The van der Waals surface area contributed by atoms with Crippen LogP contribution in [0, 0.1) is 6.92 Å². The first-order valence-electron chi connectivity index (χ1n) is 10.1. The third-order valence-electron chi connectivity index (χ3n) is 5.26. The number of ether oxygens (including phenoxy) is 3. The number of carbonyl (C=O) groups is 3. The van der Waals surface area contributed by atoms with Gasteiger partial charge in [0, 0.05) is 13.2 Å². The van der Waals surface area contributed by atoms with Crippen LogP contribution in [-0.4, -0.2) is 61.4 Å². The number of hydrogen-bond acceptors (Lipinski definition) is 7. The van der Waals surface area contributed by atoms with Crippen molar-refractivity contribution in [2.75, 3.05) is 31.7 Å². The van der Waals surface area contributed by atoms with Crippen LogP contribution < -0.4 is 5.32 Å². The number of urea groups is 1. The molecule has 1 aliphatic heterocycles. The standard InChI is InChI=1S/C20H28N2O6S/c1-4-26-18(23)15-12(3)16(19(24)27-5-2)29-17(15)21-20(25)22-10-7-11-28-14-9-6-8-13(14)22/h13-14H,4-11H2,1-3H3,(H,21,25)/t13-,14+/m1/s1. The molecule has 1 saturated heterocycles. The number of thiophene rings is 1. The van der Waals surface area contributed by atoms with Crippen LogP contribution in [0.5, 0.6) is 0 Å². The van der Waals surface area contributed by atoms with E-state index in [0.29, 0.717) is 28.6 Å². The maximum absolute atomic E-state index is 13.1. The molecule has 0 bridgehead atoms. The summed E-state index contributed by atoms with van der Waals surface area (Å²) in [6, 6.07) is -0.247. The molecule has 0 spiro atoms. The Morgan fingerprint density at radius 1 is 1.14 bits per heavy atom. The second kappa shape index (κ2) is 9.58. The summed E-state index contributed by atoms with van der Waals surface area (Å²) in [5, 5.41) is 3.17. The number of rotatable bonds is 5. The molecule has 0 unspecified atom stereocenters. The van der Waals surface area contributed by atoms with Crippen molar-refractivity contribution >= 4 is 34.3 Å². The largest absolute Gasteiger partial charge is 0.462 e. The van der Waals surface area contributed by atoms with Crippen molar-refractivity contribution in [2.45, 2.75) is 58.6 Å². The summed E-state index contributed by atoms with van der Waals surface area (Å²) in [6.45, 7) is 6.75. The van der Waals surface area contributed by atoms with Gasteiger partial charge >= 0.3 is 18.0 Å². The molecule has 0 radical (unpaired) electrons. The van der Waals surface area contributed by atoms with Gasteiger partial charge in [0.15, 0.2) is 0 Å². The number of carbonyl (C=O) groups excluding carboxylic acids is 3. The lowest BCUT2D eigenvalue weighted by molar-refractivity contribution is 0.0413. The number of nitrogens with one attached hydrogen (secondary N) is 1. The van der Waals surface area contributed by atoms with Crippen LogP contribution in [0.4, 0.5) is 9.80 Å². The number of anilines is 1. The molecule has 1 saturated carbocycles. The minimum Gasteiger partial charge on any atom is -0.462 e. The third kappa shape index (κ3) is 4.56. The maximum Gasteiger partial charge on any atom is 0.348 e. The Balaban J connectivity index is 1.88. The third-order valence-corrected chi connectivity index (χ3v) is 6.45. The number of hydrogen-bond donors (Lipinski definition) is 1. The number of amides is 2. The van der Waals surface area contributed by atoms with Crippen LogP contribution in [0.1, 0.15) is 65.1 Å². The van der Waals surface area contributed by atoms with E-state index in [1.54, 1.807) is 25.7 Å². The molecule has 2 fully saturated rings. The average Bonchev–Trinajstić information content (AvgIpc) is 3.20. The lowest BCUT2D eigenvalue weighted by atomic mass is 10.1. The van der Waals surface area contributed by atoms with Crippen molar-refractivity contribution in [3.8, 4) is 0 Å². The molecule has 2 heterocycles. The SMILES string of the molecule is CCOC(=O)c1sc(NC(=O)N2CCCO[C@H]3CCC[C@H]32)c(C(=O)OCC)c1C. The first-order chi connectivity index (χ1) is 14.0. The van der Waals surface area contributed by atoms with Crippen molar-refractivity contribution in [1.82, 2.24) is 4.90 Å². The Morgan fingerprint density at radius 3 is 2.59 bits per heavy atom. The molecular weight excluding hydrogens is 396 g/mol. The van der Waals surface area contributed by atoms with Gasteiger partial charge in [-0.15, -0.1) is 11.3 Å². The first kappa shape index (κ1) is 21.6. The van der Waals surface area contributed by atoms with E-state index in [-0.39, 0.29) is 37.0 Å². The zero-order valence-corrected chi connectivity index (χ0v) is 17.9. The zero-order chi connectivity index (χ0) is 21.0. The summed E-state index contributed by atoms with van der Waals surface area (Å²) >= 11 is 1.05. The molecule has 9 heteroatoms. The fourth-order valence-electron chi connectivity index (χ4n) is 3.96. The van der Waals surface area contributed by atoms with E-state index in [0.717, 1.165) is 37.0 Å². The van der Waals surface area contributed by atoms with Crippen LogP contribution >= 0.6 is 11.3 Å². The van der Waals surface area contributed by atoms with Gasteiger partial charge < -0.3 is 19.1 Å². The molecule has 1 aromatic rings. The minimum absolute atomic E-state index is 0.0362. The summed E-state index contributed by atoms with van der Waals surface area (Å²) in [5.41, 5.74) is 0.669. The molecule has 2 atom stereocenters. The van der Waals surface area contributed by atoms with Gasteiger partial charge in [0.2, 0.25) is 0 Å². The predicted molar refractivity (Wildman–Crippen MR) is 109 cm³/mol. The smallest absolute Gasteiger partial charge is 0.348 e. The molecule has 160 valence electrons. The number of nitrogens with zero attached hydrogens (tertiary/aromatic N) is 1. The molecular formula is C20H28N2O6S. The van der Waals surface area contributed by atoms with E-state index in [2.05, 4.69) is 5.32 Å². The minimum atomic E-state index is -0.565. The Labute approximate surface area is 174 Å². The van der Waals surface area contributed by atoms with Crippen molar-refractivity contribution in [3.05, 3.63) is 16.0 Å². The zero-order valence-electron chi connectivity index (χ0n) is 17.1. The quantitative estimate of drug-likeness (QED) is 0.726. The topological polar surface area (TPSA) is 94.2 Å². The van der Waals surface area contributed by atoms with Gasteiger partial charge in [0.25, 0.3) is 0 Å². The fourth-order valence-corrected chi connectivity index (χ4v) is 5.03. The summed E-state index contributed by atoms with van der Waals surface area (Å²) in [5.74, 6) is -1.08. The highest BCUT2D eigenvalue weighted by Crippen LogP contribution is 2.35. The summed E-state index contributed by atoms with van der Waals surface area (Å²) < 4.78 is 16.1. The monoisotopic (exact) mass is 424 g/mol. The lowest BCUT2D eigenvalue weighted by Gasteiger charge is -2.30. The summed E-state index contributed by atoms with van der Waals surface area (Å²) in [6.07, 6.45) is 3.71. The molecule has 1 aliphatic carbocycles. The molecule has 1 aromatic heterocycles. The van der Waals surface area contributed by atoms with Crippen molar-refractivity contribution in [3.63, 3.8) is 0 Å². The predicted octanol–water partition coefficient (Wildman–Crippen LogP) is 3.59. The highest BCUT2D eigenvalue weighted by Gasteiger charge is 2.38. The van der Waals surface area contributed by atoms with Crippen LogP contribution in [-0.2, 0) is 14.2 Å². The summed E-state index contributed by atoms with van der Waals surface area (Å²) in [7, 11) is 0. The second-order valence-electron chi connectivity index (χ2n) is 7.09. The van der Waals surface area contributed by atoms with Gasteiger partial charge in [-0.1, -0.05) is 0 Å². The Kier molecular flexibility index (Phi) is 7.13. The van der Waals surface area contributed by atoms with Gasteiger partial charge in [0.1, 0.15) is 9.88 Å². The molecule has 8 nitrogen and oxygen atoms in total. The van der Waals surface area contributed by atoms with Crippen molar-refractivity contribution < 1.29 is 28.6 Å².